The Morgan fingerprint density at radius 3 is 2.24 bits per heavy atom. The summed E-state index contributed by atoms with van der Waals surface area (Å²) in [4.78, 5) is 21.2. The molecule has 0 aromatic carbocycles. The lowest BCUT2D eigenvalue weighted by atomic mass is 10.2. The van der Waals surface area contributed by atoms with Crippen LogP contribution in [0, 0.1) is 0 Å². The molecule has 1 unspecified atom stereocenters. The third-order valence-electron chi connectivity index (χ3n) is 1.66. The van der Waals surface area contributed by atoms with Gasteiger partial charge in [0.1, 0.15) is 0 Å². The molecule has 0 rings (SSSR count). The first-order valence-electron chi connectivity index (χ1n) is 4.65. The van der Waals surface area contributed by atoms with Crippen molar-refractivity contribution in [1.29, 1.82) is 0 Å². The average molecular weight is 269 g/mol. The van der Waals surface area contributed by atoms with Crippen LogP contribution < -0.4 is 15.8 Å². The van der Waals surface area contributed by atoms with Crippen molar-refractivity contribution >= 4 is 22.0 Å². The summed E-state index contributed by atoms with van der Waals surface area (Å²) in [5.41, 5.74) is 0. The zero-order valence-corrected chi connectivity index (χ0v) is 9.74. The van der Waals surface area contributed by atoms with Gasteiger partial charge in [-0.1, -0.05) is 0 Å². The molecule has 2 amide bonds. The SMILES string of the molecule is NS(=O)(=O)CCNC(=O)NCCC(O)C(=O)O. The van der Waals surface area contributed by atoms with E-state index in [1.807, 2.05) is 0 Å². The summed E-state index contributed by atoms with van der Waals surface area (Å²) in [5.74, 6) is -1.76. The molecule has 6 N–H and O–H groups in total. The van der Waals surface area contributed by atoms with Crippen molar-refractivity contribution in [2.75, 3.05) is 18.8 Å². The van der Waals surface area contributed by atoms with E-state index in [1.54, 1.807) is 0 Å². The molecule has 0 aliphatic heterocycles. The number of rotatable bonds is 7. The van der Waals surface area contributed by atoms with Crippen LogP contribution in [-0.4, -0.2) is 55.6 Å². The topological polar surface area (TPSA) is 159 Å². The Labute approximate surface area is 98.0 Å². The number of aliphatic hydroxyl groups excluding tert-OH is 1. The van der Waals surface area contributed by atoms with Crippen LogP contribution in [0.25, 0.3) is 0 Å². The number of carboxylic acids is 1. The van der Waals surface area contributed by atoms with Crippen molar-refractivity contribution < 1.29 is 28.2 Å². The van der Waals surface area contributed by atoms with Crippen molar-refractivity contribution in [1.82, 2.24) is 10.6 Å². The fourth-order valence-corrected chi connectivity index (χ4v) is 1.20. The minimum absolute atomic E-state index is 0.0469. The summed E-state index contributed by atoms with van der Waals surface area (Å²) < 4.78 is 21.0. The van der Waals surface area contributed by atoms with Gasteiger partial charge in [0.15, 0.2) is 6.10 Å². The Morgan fingerprint density at radius 1 is 1.24 bits per heavy atom. The zero-order chi connectivity index (χ0) is 13.5. The number of nitrogens with one attached hydrogen (secondary N) is 2. The predicted octanol–water partition coefficient (Wildman–Crippen LogP) is -2.59. The molecule has 0 aromatic rings. The van der Waals surface area contributed by atoms with Crippen LogP contribution in [0.4, 0.5) is 4.79 Å². The van der Waals surface area contributed by atoms with E-state index >= 15 is 0 Å². The molecule has 0 aliphatic carbocycles. The molecule has 0 spiro atoms. The van der Waals surface area contributed by atoms with Gasteiger partial charge >= 0.3 is 12.0 Å². The van der Waals surface area contributed by atoms with E-state index in [1.165, 1.54) is 0 Å². The predicted molar refractivity (Wildman–Crippen MR) is 57.6 cm³/mol. The Balaban J connectivity index is 3.64. The van der Waals surface area contributed by atoms with E-state index in [2.05, 4.69) is 10.6 Å². The number of aliphatic carboxylic acids is 1. The van der Waals surface area contributed by atoms with Gasteiger partial charge < -0.3 is 20.8 Å². The third-order valence-corrected chi connectivity index (χ3v) is 2.43. The van der Waals surface area contributed by atoms with E-state index in [0.29, 0.717) is 0 Å². The highest BCUT2D eigenvalue weighted by molar-refractivity contribution is 7.89. The Bertz CT molecular complexity index is 368. The van der Waals surface area contributed by atoms with Gasteiger partial charge in [0.25, 0.3) is 0 Å². The third kappa shape index (κ3) is 9.53. The lowest BCUT2D eigenvalue weighted by molar-refractivity contribution is -0.146. The van der Waals surface area contributed by atoms with Gasteiger partial charge in [0.05, 0.1) is 5.75 Å². The normalized spacial score (nSPS) is 12.8. The number of hydrogen-bond acceptors (Lipinski definition) is 5. The summed E-state index contributed by atoms with van der Waals surface area (Å²) in [6, 6.07) is -0.661. The van der Waals surface area contributed by atoms with Crippen molar-refractivity contribution in [3.8, 4) is 0 Å². The van der Waals surface area contributed by atoms with Crippen molar-refractivity contribution in [2.24, 2.45) is 5.14 Å². The van der Waals surface area contributed by atoms with Crippen LogP contribution in [0.5, 0.6) is 0 Å². The van der Waals surface area contributed by atoms with Gasteiger partial charge in [-0.25, -0.2) is 23.1 Å². The van der Waals surface area contributed by atoms with Crippen LogP contribution in [0.15, 0.2) is 0 Å². The zero-order valence-electron chi connectivity index (χ0n) is 8.92. The fourth-order valence-electron chi connectivity index (χ4n) is 0.815. The highest BCUT2D eigenvalue weighted by Gasteiger charge is 2.12. The summed E-state index contributed by atoms with van der Waals surface area (Å²) in [5, 5.41) is 26.3. The molecule has 0 radical (unpaired) electrons. The second-order valence-electron chi connectivity index (χ2n) is 3.19. The second-order valence-corrected chi connectivity index (χ2v) is 4.93. The molecule has 0 saturated carbocycles. The average Bonchev–Trinajstić information content (AvgIpc) is 2.15. The largest absolute Gasteiger partial charge is 0.479 e. The molecular formula is C7H15N3O6S. The summed E-state index contributed by atoms with van der Waals surface area (Å²) >= 11 is 0. The highest BCUT2D eigenvalue weighted by Crippen LogP contribution is 1.88. The van der Waals surface area contributed by atoms with Crippen LogP contribution in [-0.2, 0) is 14.8 Å². The number of hydrogen-bond donors (Lipinski definition) is 5. The van der Waals surface area contributed by atoms with Gasteiger partial charge in [-0.2, -0.15) is 0 Å². The number of carboxylic acid groups (broad SMARTS) is 1. The molecule has 1 atom stereocenters. The molecule has 0 heterocycles. The first-order valence-corrected chi connectivity index (χ1v) is 6.37. The maximum Gasteiger partial charge on any atom is 0.332 e. The lowest BCUT2D eigenvalue weighted by Crippen LogP contribution is -2.40. The first-order chi connectivity index (χ1) is 7.72. The molecule has 0 fully saturated rings. The molecule has 0 aliphatic rings. The molecular weight excluding hydrogens is 254 g/mol. The molecule has 9 nitrogen and oxygen atoms in total. The van der Waals surface area contributed by atoms with Crippen LogP contribution >= 0.6 is 0 Å². The Kier molecular flexibility index (Phi) is 6.46. The summed E-state index contributed by atoms with van der Waals surface area (Å²) in [6.45, 7) is -0.194. The fraction of sp³-hybridized carbons (Fsp3) is 0.714. The van der Waals surface area contributed by atoms with E-state index in [9.17, 15) is 18.0 Å². The highest BCUT2D eigenvalue weighted by atomic mass is 32.2. The molecule has 100 valence electrons. The van der Waals surface area contributed by atoms with Gasteiger partial charge in [0.2, 0.25) is 10.0 Å². The van der Waals surface area contributed by atoms with Gasteiger partial charge in [-0.05, 0) is 0 Å². The van der Waals surface area contributed by atoms with E-state index in [4.69, 9.17) is 15.4 Å². The quantitative estimate of drug-likeness (QED) is 0.341. The smallest absolute Gasteiger partial charge is 0.332 e. The number of urea groups is 1. The molecule has 0 aromatic heterocycles. The molecule has 10 heteroatoms. The van der Waals surface area contributed by atoms with E-state index < -0.39 is 33.9 Å². The number of primary sulfonamides is 1. The second kappa shape index (κ2) is 7.04. The number of carbonyl (C=O) groups excluding carboxylic acids is 1. The van der Waals surface area contributed by atoms with Gasteiger partial charge in [0, 0.05) is 19.5 Å². The minimum atomic E-state index is -3.63. The first kappa shape index (κ1) is 15.6. The number of amides is 2. The van der Waals surface area contributed by atoms with Crippen molar-refractivity contribution in [2.45, 2.75) is 12.5 Å². The number of nitrogens with two attached hydrogens (primary N) is 1. The van der Waals surface area contributed by atoms with Gasteiger partial charge in [-0.3, -0.25) is 0 Å². The van der Waals surface area contributed by atoms with Crippen LogP contribution in [0.1, 0.15) is 6.42 Å². The van der Waals surface area contributed by atoms with Crippen molar-refractivity contribution in [3.63, 3.8) is 0 Å². The molecule has 17 heavy (non-hydrogen) atoms. The van der Waals surface area contributed by atoms with Crippen LogP contribution in [0.2, 0.25) is 0 Å². The number of sulfonamides is 1. The maximum atomic E-state index is 11.0. The summed E-state index contributed by atoms with van der Waals surface area (Å²) in [6.07, 6.45) is -1.68. The van der Waals surface area contributed by atoms with Crippen LogP contribution in [0.3, 0.4) is 0 Å². The molecule has 0 saturated heterocycles. The van der Waals surface area contributed by atoms with Crippen molar-refractivity contribution in [3.05, 3.63) is 0 Å². The van der Waals surface area contributed by atoms with Gasteiger partial charge in [-0.15, -0.1) is 0 Å². The maximum absolute atomic E-state index is 11.0. The summed E-state index contributed by atoms with van der Waals surface area (Å²) in [7, 11) is -3.63. The Morgan fingerprint density at radius 2 is 1.76 bits per heavy atom. The van der Waals surface area contributed by atoms with E-state index in [-0.39, 0.29) is 19.5 Å². The number of carbonyl (C=O) groups is 2. The molecule has 0 bridgehead atoms. The van der Waals surface area contributed by atoms with E-state index in [0.717, 1.165) is 0 Å². The number of aliphatic hydroxyl groups is 1. The Hall–Kier alpha value is -1.39. The lowest BCUT2D eigenvalue weighted by Gasteiger charge is -2.08. The minimum Gasteiger partial charge on any atom is -0.479 e. The monoisotopic (exact) mass is 269 g/mol. The standard InChI is InChI=1S/C7H15N3O6S/c8-17(15,16)4-3-10-7(14)9-2-1-5(11)6(12)13/h5,11H,1-4H2,(H,12,13)(H2,8,15,16)(H2,9,10,14).